The monoisotopic (exact) mass is 878 g/mol. The van der Waals surface area contributed by atoms with Gasteiger partial charge >= 0.3 is 14.0 Å². The third-order valence-electron chi connectivity index (χ3n) is 10.7. The molecule has 4 atom stereocenters. The molecular formula is C43H45F2N4O12P. The normalized spacial score (nSPS) is 19.8. The van der Waals surface area contributed by atoms with Gasteiger partial charge in [0.25, 0.3) is 11.8 Å². The lowest BCUT2D eigenvalue weighted by molar-refractivity contribution is -0.0658. The van der Waals surface area contributed by atoms with Crippen molar-refractivity contribution in [3.8, 4) is 5.75 Å². The van der Waals surface area contributed by atoms with Gasteiger partial charge in [-0.3, -0.25) is 28.0 Å². The van der Waals surface area contributed by atoms with E-state index >= 15 is 0 Å². The summed E-state index contributed by atoms with van der Waals surface area (Å²) in [5.74, 6) is -3.83. The molecule has 1 fully saturated rings. The Hall–Kier alpha value is -5.94. The first-order chi connectivity index (χ1) is 29.7. The second-order valence-corrected chi connectivity index (χ2v) is 16.9. The summed E-state index contributed by atoms with van der Waals surface area (Å²) in [6.45, 7) is 3.29. The highest BCUT2D eigenvalue weighted by Crippen LogP contribution is 2.51. The highest BCUT2D eigenvalue weighted by Gasteiger charge is 2.54. The summed E-state index contributed by atoms with van der Waals surface area (Å²) in [6, 6.07) is 19.8. The topological polar surface area (TPSA) is 183 Å². The van der Waals surface area contributed by atoms with Crippen LogP contribution >= 0.6 is 7.82 Å². The van der Waals surface area contributed by atoms with Crippen LogP contribution in [0.25, 0.3) is 0 Å². The van der Waals surface area contributed by atoms with Crippen LogP contribution in [-0.2, 0) is 52.2 Å². The molecule has 2 bridgehead atoms. The summed E-state index contributed by atoms with van der Waals surface area (Å²) in [4.78, 5) is 62.6. The Morgan fingerprint density at radius 1 is 1.00 bits per heavy atom. The molecule has 2 amide bonds. The predicted octanol–water partition coefficient (Wildman–Crippen LogP) is 7.21. The molecule has 0 saturated carbocycles. The van der Waals surface area contributed by atoms with Gasteiger partial charge in [-0.1, -0.05) is 71.9 Å². The van der Waals surface area contributed by atoms with Gasteiger partial charge in [0, 0.05) is 43.4 Å². The molecule has 4 aromatic rings. The molecular weight excluding hydrogens is 833 g/mol. The van der Waals surface area contributed by atoms with Gasteiger partial charge < -0.3 is 33.8 Å². The van der Waals surface area contributed by atoms with Crippen LogP contribution < -0.4 is 15.5 Å². The number of benzene rings is 3. The fraction of sp³-hybridized carbons (Fsp3) is 0.372. The molecule has 3 aliphatic heterocycles. The number of aromatic nitrogens is 1. The van der Waals surface area contributed by atoms with E-state index in [1.165, 1.54) is 17.7 Å². The van der Waals surface area contributed by atoms with Crippen LogP contribution in [0, 0.1) is 11.6 Å². The minimum absolute atomic E-state index is 0.0439. The number of rotatable bonds is 16. The maximum Gasteiger partial charge on any atom is 0.511 e. The summed E-state index contributed by atoms with van der Waals surface area (Å²) in [7, 11) is -4.21. The number of hydrogen-bond acceptors (Lipinski definition) is 13. The number of carbonyl (C=O) groups excluding carboxylic acids is 3. The molecule has 1 saturated heterocycles. The van der Waals surface area contributed by atoms with Gasteiger partial charge in [-0.05, 0) is 50.8 Å². The molecule has 1 N–H and O–H groups in total. The molecule has 62 heavy (non-hydrogen) atoms. The SMILES string of the molecule is CC1=NO[C@@]2(CC[C@H](C)N3C[C@H]2n2cc(C(=O)NCc4ccc(F)cc4F)c(=O)c(OCOC(=O)O[C@H](C)COP(=O)(OCc4ccccc4)OCc4ccccc4)c2C3=O)C1. The number of halogens is 2. The molecule has 3 aromatic carbocycles. The van der Waals surface area contributed by atoms with Crippen molar-refractivity contribution >= 4 is 31.5 Å². The number of carbonyl (C=O) groups is 3. The van der Waals surface area contributed by atoms with Crippen molar-refractivity contribution in [2.45, 2.75) is 83.6 Å². The first-order valence-electron chi connectivity index (χ1n) is 19.9. The Morgan fingerprint density at radius 3 is 2.31 bits per heavy atom. The van der Waals surface area contributed by atoms with Crippen LogP contribution in [0.4, 0.5) is 13.6 Å². The average Bonchev–Trinajstić information content (AvgIpc) is 3.59. The van der Waals surface area contributed by atoms with Gasteiger partial charge in [-0.2, -0.15) is 0 Å². The van der Waals surface area contributed by atoms with Gasteiger partial charge in [0.2, 0.25) is 18.0 Å². The van der Waals surface area contributed by atoms with Crippen molar-refractivity contribution in [2.24, 2.45) is 5.16 Å². The summed E-state index contributed by atoms with van der Waals surface area (Å²) in [5, 5.41) is 6.69. The Morgan fingerprint density at radius 2 is 1.68 bits per heavy atom. The molecule has 0 aliphatic carbocycles. The number of nitrogens with zero attached hydrogens (tertiary/aromatic N) is 3. The molecule has 3 aliphatic rings. The number of ether oxygens (including phenoxy) is 3. The molecule has 19 heteroatoms. The van der Waals surface area contributed by atoms with E-state index in [9.17, 15) is 32.5 Å². The smallest absolute Gasteiger partial charge is 0.451 e. The van der Waals surface area contributed by atoms with E-state index in [0.29, 0.717) is 36.5 Å². The number of phosphoric ester groups is 1. The Labute approximate surface area is 355 Å². The fourth-order valence-electron chi connectivity index (χ4n) is 7.47. The number of amides is 2. The summed E-state index contributed by atoms with van der Waals surface area (Å²) >= 11 is 0. The minimum Gasteiger partial charge on any atom is -0.451 e. The number of phosphoric acid groups is 1. The first kappa shape index (κ1) is 44.1. The van der Waals surface area contributed by atoms with E-state index in [2.05, 4.69) is 10.5 Å². The minimum atomic E-state index is -4.21. The van der Waals surface area contributed by atoms with E-state index < -0.39 is 91.9 Å². The third-order valence-corrected chi connectivity index (χ3v) is 12.1. The van der Waals surface area contributed by atoms with Gasteiger partial charge in [0.05, 0.1) is 31.6 Å². The summed E-state index contributed by atoms with van der Waals surface area (Å²) in [5.41, 5.74) is -0.561. The summed E-state index contributed by atoms with van der Waals surface area (Å²) in [6.07, 6.45) is 0.323. The van der Waals surface area contributed by atoms with Crippen LogP contribution in [0.1, 0.15) is 83.6 Å². The summed E-state index contributed by atoms with van der Waals surface area (Å²) < 4.78 is 76.1. The largest absolute Gasteiger partial charge is 0.511 e. The molecule has 7 rings (SSSR count). The Bertz CT molecular complexity index is 2390. The van der Waals surface area contributed by atoms with E-state index in [0.717, 1.165) is 17.8 Å². The zero-order chi connectivity index (χ0) is 44.0. The third kappa shape index (κ3) is 10.1. The van der Waals surface area contributed by atoms with Gasteiger partial charge in [0.15, 0.2) is 11.3 Å². The number of pyridine rings is 1. The second-order valence-electron chi connectivity index (χ2n) is 15.2. The van der Waals surface area contributed by atoms with Crippen molar-refractivity contribution in [3.05, 3.63) is 135 Å². The van der Waals surface area contributed by atoms with Crippen molar-refractivity contribution in [2.75, 3.05) is 19.9 Å². The van der Waals surface area contributed by atoms with Crippen molar-refractivity contribution < 1.29 is 60.3 Å². The van der Waals surface area contributed by atoms with Crippen LogP contribution in [-0.4, -0.2) is 70.8 Å². The zero-order valence-electron chi connectivity index (χ0n) is 34.1. The molecule has 0 radical (unpaired) electrons. The Kier molecular flexibility index (Phi) is 13.5. The van der Waals surface area contributed by atoms with E-state index in [4.69, 9.17) is 32.6 Å². The molecule has 0 unspecified atom stereocenters. The average molecular weight is 879 g/mol. The van der Waals surface area contributed by atoms with Gasteiger partial charge in [-0.15, -0.1) is 0 Å². The van der Waals surface area contributed by atoms with Crippen molar-refractivity contribution in [1.29, 1.82) is 0 Å². The quantitative estimate of drug-likeness (QED) is 0.0680. The number of hydrogen-bond donors (Lipinski definition) is 1. The van der Waals surface area contributed by atoms with Crippen LogP contribution in [0.3, 0.4) is 0 Å². The maximum atomic E-state index is 14.5. The lowest BCUT2D eigenvalue weighted by Gasteiger charge is -2.42. The first-order valence-corrected chi connectivity index (χ1v) is 21.3. The maximum absolute atomic E-state index is 14.5. The standard InChI is InChI=1S/C43H45F2N4O12P/c1-27-19-43(61-47-27)17-16-28(2)48-22-36(43)49-21-34(40(51)46-20-32-14-15-33(44)18-35(32)45)38(50)39(37(49)41(48)52)55-26-56-42(53)60-29(3)23-57-62(54,58-24-30-10-6-4-7-11-30)59-25-31-12-8-5-9-13-31/h4-15,18,21,28-29,36H,16-17,19-20,22-26H2,1-3H3,(H,46,51)/t28-,29+,36+,43-/m0/s1. The van der Waals surface area contributed by atoms with Crippen molar-refractivity contribution in [3.63, 3.8) is 0 Å². The van der Waals surface area contributed by atoms with Crippen LogP contribution in [0.5, 0.6) is 5.75 Å². The lowest BCUT2D eigenvalue weighted by atomic mass is 9.84. The lowest BCUT2D eigenvalue weighted by Crippen LogP contribution is -2.52. The molecule has 328 valence electrons. The fourth-order valence-corrected chi connectivity index (χ4v) is 8.71. The molecule has 1 aromatic heterocycles. The number of fused-ring (bicyclic) bond motifs is 5. The molecule has 1 spiro atoms. The second kappa shape index (κ2) is 19.0. The van der Waals surface area contributed by atoms with Crippen molar-refractivity contribution in [1.82, 2.24) is 14.8 Å². The van der Waals surface area contributed by atoms with Gasteiger partial charge in [-0.25, -0.2) is 18.1 Å². The highest BCUT2D eigenvalue weighted by molar-refractivity contribution is 7.48. The predicted molar refractivity (Wildman–Crippen MR) is 217 cm³/mol. The zero-order valence-corrected chi connectivity index (χ0v) is 35.0. The highest BCUT2D eigenvalue weighted by atomic mass is 31.2. The van der Waals surface area contributed by atoms with E-state index in [-0.39, 0.29) is 37.1 Å². The molecule has 16 nitrogen and oxygen atoms in total. The van der Waals surface area contributed by atoms with E-state index in [1.54, 1.807) is 53.4 Å². The van der Waals surface area contributed by atoms with E-state index in [1.807, 2.05) is 26.0 Å². The Balaban J connectivity index is 1.07. The van der Waals surface area contributed by atoms with Gasteiger partial charge in [0.1, 0.15) is 23.3 Å². The van der Waals surface area contributed by atoms with Crippen LogP contribution in [0.15, 0.2) is 95.0 Å². The number of oxime groups is 1. The van der Waals surface area contributed by atoms with Crippen LogP contribution in [0.2, 0.25) is 0 Å². The number of nitrogens with one attached hydrogen (secondary N) is 1. The molecule has 4 heterocycles.